The highest BCUT2D eigenvalue weighted by molar-refractivity contribution is 5.51. The van der Waals surface area contributed by atoms with Crippen molar-refractivity contribution in [3.05, 3.63) is 67.1 Å². The summed E-state index contributed by atoms with van der Waals surface area (Å²) in [6.07, 6.45) is 3.56. The van der Waals surface area contributed by atoms with Crippen molar-refractivity contribution in [2.24, 2.45) is 0 Å². The number of nitrogens with zero attached hydrogens (tertiary/aromatic N) is 1. The summed E-state index contributed by atoms with van der Waals surface area (Å²) in [7, 11) is 0. The lowest BCUT2D eigenvalue weighted by Gasteiger charge is -2.02. The summed E-state index contributed by atoms with van der Waals surface area (Å²) >= 11 is 0. The molecule has 3 heteroatoms. The SMILES string of the molecule is Nc1ccc(-c2ccco2)[n+](-c2ccccc2)c1. The van der Waals surface area contributed by atoms with Crippen LogP contribution in [0, 0.1) is 0 Å². The fraction of sp³-hybridized carbons (Fsp3) is 0. The van der Waals surface area contributed by atoms with Gasteiger partial charge in [-0.3, -0.25) is 0 Å². The summed E-state index contributed by atoms with van der Waals surface area (Å²) in [5.74, 6) is 0.818. The highest BCUT2D eigenvalue weighted by Crippen LogP contribution is 2.18. The average Bonchev–Trinajstić information content (AvgIpc) is 2.93. The Kier molecular flexibility index (Phi) is 2.57. The molecule has 0 bridgehead atoms. The molecule has 18 heavy (non-hydrogen) atoms. The van der Waals surface area contributed by atoms with Gasteiger partial charge < -0.3 is 10.2 Å². The van der Waals surface area contributed by atoms with Crippen molar-refractivity contribution in [3.8, 4) is 17.1 Å². The molecule has 0 saturated carbocycles. The third kappa shape index (κ3) is 1.86. The van der Waals surface area contributed by atoms with E-state index in [0.29, 0.717) is 5.69 Å². The standard InChI is InChI=1S/C15H13N2O/c16-12-8-9-14(15-7-4-10-18-15)17(11-12)13-5-2-1-3-6-13/h1-11H,16H2/q+1. The van der Waals surface area contributed by atoms with E-state index in [-0.39, 0.29) is 0 Å². The number of hydrogen-bond donors (Lipinski definition) is 1. The molecule has 0 saturated heterocycles. The maximum absolute atomic E-state index is 5.87. The third-order valence-corrected chi connectivity index (χ3v) is 2.78. The Morgan fingerprint density at radius 1 is 0.889 bits per heavy atom. The van der Waals surface area contributed by atoms with Crippen molar-refractivity contribution in [1.29, 1.82) is 0 Å². The summed E-state index contributed by atoms with van der Waals surface area (Å²) in [6, 6.07) is 17.7. The van der Waals surface area contributed by atoms with Crippen LogP contribution in [0.1, 0.15) is 0 Å². The van der Waals surface area contributed by atoms with Gasteiger partial charge in [0.1, 0.15) is 0 Å². The molecule has 0 aliphatic carbocycles. The zero-order chi connectivity index (χ0) is 12.4. The second-order valence-electron chi connectivity index (χ2n) is 4.03. The largest absolute Gasteiger partial charge is 0.458 e. The monoisotopic (exact) mass is 237 g/mol. The highest BCUT2D eigenvalue weighted by Gasteiger charge is 2.17. The van der Waals surface area contributed by atoms with Gasteiger partial charge in [-0.2, -0.15) is 4.57 Å². The smallest absolute Gasteiger partial charge is 0.254 e. The number of benzene rings is 1. The summed E-state index contributed by atoms with van der Waals surface area (Å²) < 4.78 is 7.48. The maximum atomic E-state index is 5.87. The molecule has 2 aromatic heterocycles. The molecular weight excluding hydrogens is 224 g/mol. The Morgan fingerprint density at radius 2 is 1.72 bits per heavy atom. The zero-order valence-electron chi connectivity index (χ0n) is 9.78. The van der Waals surface area contributed by atoms with Crippen LogP contribution in [0.3, 0.4) is 0 Å². The minimum absolute atomic E-state index is 0.717. The first kappa shape index (κ1) is 10.6. The van der Waals surface area contributed by atoms with Gasteiger partial charge in [-0.25, -0.2) is 0 Å². The molecule has 0 atom stereocenters. The molecule has 2 heterocycles. The molecule has 0 radical (unpaired) electrons. The molecule has 0 amide bonds. The van der Waals surface area contributed by atoms with E-state index < -0.39 is 0 Å². The topological polar surface area (TPSA) is 43.0 Å². The first-order valence-corrected chi connectivity index (χ1v) is 5.75. The Balaban J connectivity index is 2.22. The van der Waals surface area contributed by atoms with Crippen LogP contribution in [0.25, 0.3) is 17.1 Å². The van der Waals surface area contributed by atoms with Crippen LogP contribution in [-0.2, 0) is 0 Å². The molecule has 88 valence electrons. The molecule has 3 nitrogen and oxygen atoms in total. The van der Waals surface area contributed by atoms with Crippen molar-refractivity contribution < 1.29 is 8.98 Å². The number of hydrogen-bond acceptors (Lipinski definition) is 2. The minimum atomic E-state index is 0.717. The second-order valence-corrected chi connectivity index (χ2v) is 4.03. The van der Waals surface area contributed by atoms with Crippen molar-refractivity contribution in [3.63, 3.8) is 0 Å². The number of furan rings is 1. The Bertz CT molecular complexity index is 646. The molecule has 1 aromatic carbocycles. The van der Waals surface area contributed by atoms with Crippen LogP contribution in [0.2, 0.25) is 0 Å². The van der Waals surface area contributed by atoms with Gasteiger partial charge >= 0.3 is 0 Å². The number of nitrogens with two attached hydrogens (primary N) is 1. The molecule has 0 spiro atoms. The number of para-hydroxylation sites is 1. The zero-order valence-corrected chi connectivity index (χ0v) is 9.78. The molecule has 3 aromatic rings. The number of nitrogen functional groups attached to an aromatic ring is 1. The van der Waals surface area contributed by atoms with E-state index in [1.54, 1.807) is 6.26 Å². The van der Waals surface area contributed by atoms with Crippen LogP contribution in [-0.4, -0.2) is 0 Å². The predicted molar refractivity (Wildman–Crippen MR) is 70.1 cm³/mol. The Hall–Kier alpha value is -2.55. The van der Waals surface area contributed by atoms with Crippen molar-refractivity contribution in [2.45, 2.75) is 0 Å². The minimum Gasteiger partial charge on any atom is -0.458 e. The van der Waals surface area contributed by atoms with Crippen LogP contribution < -0.4 is 10.3 Å². The van der Waals surface area contributed by atoms with E-state index in [4.69, 9.17) is 10.2 Å². The molecule has 0 aliphatic rings. The predicted octanol–water partition coefficient (Wildman–Crippen LogP) is 2.81. The van der Waals surface area contributed by atoms with E-state index in [9.17, 15) is 0 Å². The number of rotatable bonds is 2. The van der Waals surface area contributed by atoms with Gasteiger partial charge in [0.2, 0.25) is 5.69 Å². The lowest BCUT2D eigenvalue weighted by Crippen LogP contribution is -2.33. The normalized spacial score (nSPS) is 10.4. The Labute approximate surface area is 105 Å². The van der Waals surface area contributed by atoms with E-state index in [1.165, 1.54) is 0 Å². The number of anilines is 1. The van der Waals surface area contributed by atoms with Crippen LogP contribution in [0.5, 0.6) is 0 Å². The lowest BCUT2D eigenvalue weighted by atomic mass is 10.2. The van der Waals surface area contributed by atoms with E-state index in [2.05, 4.69) is 0 Å². The summed E-state index contributed by atoms with van der Waals surface area (Å²) in [5.41, 5.74) is 8.61. The maximum Gasteiger partial charge on any atom is 0.254 e. The second kappa shape index (κ2) is 4.37. The number of aromatic nitrogens is 1. The Morgan fingerprint density at radius 3 is 2.44 bits per heavy atom. The van der Waals surface area contributed by atoms with Crippen LogP contribution in [0.4, 0.5) is 5.69 Å². The van der Waals surface area contributed by atoms with Crippen LogP contribution in [0.15, 0.2) is 71.5 Å². The fourth-order valence-electron chi connectivity index (χ4n) is 1.94. The number of pyridine rings is 1. The first-order chi connectivity index (χ1) is 8.84. The van der Waals surface area contributed by atoms with Crippen molar-refractivity contribution >= 4 is 5.69 Å². The molecule has 0 fully saturated rings. The van der Waals surface area contributed by atoms with E-state index in [1.807, 2.05) is 65.4 Å². The van der Waals surface area contributed by atoms with Gasteiger partial charge in [0.15, 0.2) is 12.0 Å². The lowest BCUT2D eigenvalue weighted by molar-refractivity contribution is -0.583. The molecule has 0 aliphatic heterocycles. The van der Waals surface area contributed by atoms with Crippen LogP contribution >= 0.6 is 0 Å². The molecule has 3 rings (SSSR count). The summed E-state index contributed by atoms with van der Waals surface area (Å²) in [4.78, 5) is 0. The van der Waals surface area contributed by atoms with Gasteiger partial charge in [-0.05, 0) is 18.2 Å². The van der Waals surface area contributed by atoms with Crippen molar-refractivity contribution in [2.75, 3.05) is 5.73 Å². The molecular formula is C15H13N2O+. The van der Waals surface area contributed by atoms with Gasteiger partial charge in [0.25, 0.3) is 5.69 Å². The summed E-state index contributed by atoms with van der Waals surface area (Å²) in [5, 5.41) is 0. The highest BCUT2D eigenvalue weighted by atomic mass is 16.3. The van der Waals surface area contributed by atoms with Gasteiger partial charge in [0.05, 0.1) is 12.0 Å². The van der Waals surface area contributed by atoms with Crippen molar-refractivity contribution in [1.82, 2.24) is 0 Å². The third-order valence-electron chi connectivity index (χ3n) is 2.78. The first-order valence-electron chi connectivity index (χ1n) is 5.75. The van der Waals surface area contributed by atoms with Gasteiger partial charge in [-0.1, -0.05) is 18.2 Å². The molecule has 0 unspecified atom stereocenters. The van der Waals surface area contributed by atoms with Gasteiger partial charge in [-0.15, -0.1) is 0 Å². The van der Waals surface area contributed by atoms with Gasteiger partial charge in [0, 0.05) is 18.2 Å². The summed E-state index contributed by atoms with van der Waals surface area (Å²) in [6.45, 7) is 0. The fourth-order valence-corrected chi connectivity index (χ4v) is 1.94. The van der Waals surface area contributed by atoms with E-state index >= 15 is 0 Å². The van der Waals surface area contributed by atoms with E-state index in [0.717, 1.165) is 17.1 Å². The average molecular weight is 237 g/mol. The molecule has 2 N–H and O–H groups in total. The quantitative estimate of drug-likeness (QED) is 0.696.